The Morgan fingerprint density at radius 1 is 1.29 bits per heavy atom. The number of aromatic amines is 1. The lowest BCUT2D eigenvalue weighted by Gasteiger charge is -2.17. The molecule has 0 aromatic carbocycles. The lowest BCUT2D eigenvalue weighted by molar-refractivity contribution is -0.126. The van der Waals surface area contributed by atoms with Crippen molar-refractivity contribution in [2.75, 3.05) is 0 Å². The molecule has 1 aliphatic rings. The SMILES string of the molecule is O=C(NNC(=O)C1CC=CCC1)c1ccc[nH]1. The van der Waals surface area contributed by atoms with Gasteiger partial charge in [0.2, 0.25) is 5.91 Å². The fraction of sp³-hybridized carbons (Fsp3) is 0.333. The standard InChI is InChI=1S/C12H15N3O2/c16-11(9-5-2-1-3-6-9)14-15-12(17)10-7-4-8-13-10/h1-2,4,7-9,13H,3,5-6H2,(H,14,16)(H,15,17). The highest BCUT2D eigenvalue weighted by Gasteiger charge is 2.19. The second-order valence-electron chi connectivity index (χ2n) is 4.01. The predicted molar refractivity (Wildman–Crippen MR) is 62.9 cm³/mol. The van der Waals surface area contributed by atoms with Crippen LogP contribution in [0.4, 0.5) is 0 Å². The normalized spacial score (nSPS) is 18.7. The van der Waals surface area contributed by atoms with Gasteiger partial charge in [-0.2, -0.15) is 0 Å². The van der Waals surface area contributed by atoms with Crippen molar-refractivity contribution in [1.29, 1.82) is 0 Å². The molecule has 1 aliphatic carbocycles. The van der Waals surface area contributed by atoms with Gasteiger partial charge in [0.1, 0.15) is 5.69 Å². The third-order valence-corrected chi connectivity index (χ3v) is 2.78. The summed E-state index contributed by atoms with van der Waals surface area (Å²) in [5.41, 5.74) is 5.26. The van der Waals surface area contributed by atoms with Gasteiger partial charge in [0, 0.05) is 12.1 Å². The fourth-order valence-electron chi connectivity index (χ4n) is 1.79. The Morgan fingerprint density at radius 3 is 2.82 bits per heavy atom. The summed E-state index contributed by atoms with van der Waals surface area (Å²) < 4.78 is 0. The predicted octanol–water partition coefficient (Wildman–Crippen LogP) is 1.13. The van der Waals surface area contributed by atoms with Crippen molar-refractivity contribution in [1.82, 2.24) is 15.8 Å². The monoisotopic (exact) mass is 233 g/mol. The van der Waals surface area contributed by atoms with Crippen molar-refractivity contribution in [3.05, 3.63) is 36.2 Å². The van der Waals surface area contributed by atoms with Gasteiger partial charge in [0.05, 0.1) is 0 Å². The Morgan fingerprint density at radius 2 is 2.18 bits per heavy atom. The van der Waals surface area contributed by atoms with Gasteiger partial charge >= 0.3 is 0 Å². The molecule has 1 aromatic rings. The zero-order chi connectivity index (χ0) is 12.1. The average molecular weight is 233 g/mol. The quantitative estimate of drug-likeness (QED) is 0.529. The van der Waals surface area contributed by atoms with Crippen LogP contribution in [-0.2, 0) is 4.79 Å². The van der Waals surface area contributed by atoms with E-state index in [0.717, 1.165) is 19.3 Å². The third-order valence-electron chi connectivity index (χ3n) is 2.78. The topological polar surface area (TPSA) is 74.0 Å². The molecule has 0 aliphatic heterocycles. The van der Waals surface area contributed by atoms with Crippen molar-refractivity contribution < 1.29 is 9.59 Å². The molecule has 3 N–H and O–H groups in total. The minimum Gasteiger partial charge on any atom is -0.357 e. The van der Waals surface area contributed by atoms with Crippen LogP contribution >= 0.6 is 0 Å². The first kappa shape index (κ1) is 11.4. The highest BCUT2D eigenvalue weighted by Crippen LogP contribution is 2.17. The summed E-state index contributed by atoms with van der Waals surface area (Å²) in [6, 6.07) is 3.37. The molecule has 5 nitrogen and oxygen atoms in total. The van der Waals surface area contributed by atoms with Gasteiger partial charge in [-0.1, -0.05) is 12.2 Å². The zero-order valence-electron chi connectivity index (χ0n) is 9.40. The van der Waals surface area contributed by atoms with Crippen LogP contribution in [0.15, 0.2) is 30.5 Å². The number of hydrogen-bond donors (Lipinski definition) is 3. The van der Waals surface area contributed by atoms with E-state index >= 15 is 0 Å². The number of aromatic nitrogens is 1. The summed E-state index contributed by atoms with van der Waals surface area (Å²) in [6.07, 6.45) is 8.22. The van der Waals surface area contributed by atoms with Crippen LogP contribution in [0.2, 0.25) is 0 Å². The minimum absolute atomic E-state index is 0.0380. The number of H-pyrrole nitrogens is 1. The van der Waals surface area contributed by atoms with E-state index < -0.39 is 0 Å². The van der Waals surface area contributed by atoms with Crippen molar-refractivity contribution in [3.63, 3.8) is 0 Å². The maximum absolute atomic E-state index is 11.7. The lowest BCUT2D eigenvalue weighted by atomic mass is 9.94. The van der Waals surface area contributed by atoms with E-state index in [-0.39, 0.29) is 17.7 Å². The average Bonchev–Trinajstić information content (AvgIpc) is 2.90. The molecule has 1 atom stereocenters. The van der Waals surface area contributed by atoms with Crippen molar-refractivity contribution in [3.8, 4) is 0 Å². The number of hydrogen-bond acceptors (Lipinski definition) is 2. The summed E-state index contributed by atoms with van der Waals surface area (Å²) in [5.74, 6) is -0.507. The number of carbonyl (C=O) groups is 2. The number of rotatable bonds is 2. The second-order valence-corrected chi connectivity index (χ2v) is 4.01. The molecule has 0 saturated heterocycles. The number of amides is 2. The Labute approximate surface area is 99.3 Å². The third kappa shape index (κ3) is 2.96. The summed E-state index contributed by atoms with van der Waals surface area (Å²) in [4.78, 5) is 26.0. The number of allylic oxidation sites excluding steroid dienone is 2. The lowest BCUT2D eigenvalue weighted by Crippen LogP contribution is -2.44. The fourth-order valence-corrected chi connectivity index (χ4v) is 1.79. The van der Waals surface area contributed by atoms with E-state index in [2.05, 4.69) is 21.9 Å². The number of nitrogens with one attached hydrogen (secondary N) is 3. The Balaban J connectivity index is 1.80. The molecule has 90 valence electrons. The van der Waals surface area contributed by atoms with Crippen LogP contribution in [0.1, 0.15) is 29.8 Å². The van der Waals surface area contributed by atoms with E-state index in [1.165, 1.54) is 0 Å². The highest BCUT2D eigenvalue weighted by molar-refractivity contribution is 5.93. The molecule has 2 rings (SSSR count). The molecule has 0 bridgehead atoms. The van der Waals surface area contributed by atoms with Gasteiger partial charge in [-0.15, -0.1) is 0 Å². The molecular formula is C12H15N3O2. The molecule has 1 heterocycles. The van der Waals surface area contributed by atoms with E-state index in [0.29, 0.717) is 5.69 Å². The van der Waals surface area contributed by atoms with Crippen LogP contribution < -0.4 is 10.9 Å². The van der Waals surface area contributed by atoms with Crippen molar-refractivity contribution >= 4 is 11.8 Å². The van der Waals surface area contributed by atoms with Crippen LogP contribution in [0.5, 0.6) is 0 Å². The molecule has 5 heteroatoms. The molecule has 1 aromatic heterocycles. The van der Waals surface area contributed by atoms with E-state index in [1.54, 1.807) is 18.3 Å². The maximum atomic E-state index is 11.7. The number of carbonyl (C=O) groups excluding carboxylic acids is 2. The van der Waals surface area contributed by atoms with Crippen LogP contribution in [0.25, 0.3) is 0 Å². The van der Waals surface area contributed by atoms with Gasteiger partial charge in [-0.05, 0) is 31.4 Å². The molecule has 1 unspecified atom stereocenters. The van der Waals surface area contributed by atoms with Crippen LogP contribution in [0, 0.1) is 5.92 Å². The smallest absolute Gasteiger partial charge is 0.286 e. The molecule has 2 amide bonds. The summed E-state index contributed by atoms with van der Waals surface area (Å²) >= 11 is 0. The van der Waals surface area contributed by atoms with Gasteiger partial charge in [-0.25, -0.2) is 0 Å². The first-order chi connectivity index (χ1) is 8.27. The van der Waals surface area contributed by atoms with Crippen molar-refractivity contribution in [2.24, 2.45) is 5.92 Å². The van der Waals surface area contributed by atoms with Crippen LogP contribution in [-0.4, -0.2) is 16.8 Å². The largest absolute Gasteiger partial charge is 0.357 e. The zero-order valence-corrected chi connectivity index (χ0v) is 9.40. The highest BCUT2D eigenvalue weighted by atomic mass is 16.2. The summed E-state index contributed by atoms with van der Waals surface area (Å²) in [7, 11) is 0. The summed E-state index contributed by atoms with van der Waals surface area (Å²) in [6.45, 7) is 0. The molecular weight excluding hydrogens is 218 g/mol. The number of hydrazine groups is 1. The Hall–Kier alpha value is -2.04. The first-order valence-electron chi connectivity index (χ1n) is 5.66. The summed E-state index contributed by atoms with van der Waals surface area (Å²) in [5, 5.41) is 0. The molecule has 17 heavy (non-hydrogen) atoms. The molecule has 0 spiro atoms. The Kier molecular flexibility index (Phi) is 3.59. The molecule has 0 radical (unpaired) electrons. The second kappa shape index (κ2) is 5.34. The van der Waals surface area contributed by atoms with Gasteiger partial charge in [0.15, 0.2) is 0 Å². The van der Waals surface area contributed by atoms with E-state index in [4.69, 9.17) is 0 Å². The first-order valence-corrected chi connectivity index (χ1v) is 5.66. The minimum atomic E-state index is -0.338. The maximum Gasteiger partial charge on any atom is 0.286 e. The van der Waals surface area contributed by atoms with Crippen LogP contribution in [0.3, 0.4) is 0 Å². The molecule has 0 fully saturated rings. The Bertz CT molecular complexity index is 423. The van der Waals surface area contributed by atoms with Gasteiger partial charge < -0.3 is 4.98 Å². The van der Waals surface area contributed by atoms with E-state index in [9.17, 15) is 9.59 Å². The van der Waals surface area contributed by atoms with Crippen molar-refractivity contribution in [2.45, 2.75) is 19.3 Å². The molecule has 0 saturated carbocycles. The van der Waals surface area contributed by atoms with Gasteiger partial charge in [-0.3, -0.25) is 20.4 Å². The van der Waals surface area contributed by atoms with Gasteiger partial charge in [0.25, 0.3) is 5.91 Å². The van der Waals surface area contributed by atoms with E-state index in [1.807, 2.05) is 6.08 Å².